The highest BCUT2D eigenvalue weighted by atomic mass is 16.5. The van der Waals surface area contributed by atoms with E-state index in [1.807, 2.05) is 18.2 Å². The fourth-order valence-corrected chi connectivity index (χ4v) is 1.77. The Kier molecular flexibility index (Phi) is 3.19. The van der Waals surface area contributed by atoms with Gasteiger partial charge in [0.15, 0.2) is 0 Å². The highest BCUT2D eigenvalue weighted by Gasteiger charge is 2.12. The van der Waals surface area contributed by atoms with Crippen LogP contribution in [0, 0.1) is 0 Å². The topological polar surface area (TPSA) is 78.3 Å². The maximum absolute atomic E-state index is 11.7. The predicted molar refractivity (Wildman–Crippen MR) is 72.0 cm³/mol. The molecule has 0 saturated carbocycles. The van der Waals surface area contributed by atoms with Crippen LogP contribution in [0.2, 0.25) is 0 Å². The van der Waals surface area contributed by atoms with Crippen LogP contribution >= 0.6 is 0 Å². The van der Waals surface area contributed by atoms with Crippen LogP contribution in [0.15, 0.2) is 42.5 Å². The fraction of sp³-hybridized carbons (Fsp3) is 0.0714. The summed E-state index contributed by atoms with van der Waals surface area (Å²) in [6.45, 7) is 0. The van der Waals surface area contributed by atoms with Gasteiger partial charge in [-0.25, -0.2) is 4.79 Å². The molecule has 0 radical (unpaired) electrons. The summed E-state index contributed by atoms with van der Waals surface area (Å²) >= 11 is 0. The van der Waals surface area contributed by atoms with Crippen molar-refractivity contribution in [1.29, 1.82) is 0 Å². The zero-order chi connectivity index (χ0) is 13.1. The Morgan fingerprint density at radius 1 is 1.06 bits per heavy atom. The quantitative estimate of drug-likeness (QED) is 0.625. The first-order chi connectivity index (χ1) is 8.63. The first kappa shape index (κ1) is 12.0. The van der Waals surface area contributed by atoms with Gasteiger partial charge in [-0.3, -0.25) is 0 Å². The van der Waals surface area contributed by atoms with Crippen LogP contribution in [-0.4, -0.2) is 13.1 Å². The second-order valence-corrected chi connectivity index (χ2v) is 3.88. The minimum absolute atomic E-state index is 0.374. The molecule has 0 atom stereocenters. The highest BCUT2D eigenvalue weighted by molar-refractivity contribution is 5.97. The van der Waals surface area contributed by atoms with Gasteiger partial charge < -0.3 is 16.2 Å². The molecule has 0 aliphatic carbocycles. The van der Waals surface area contributed by atoms with Crippen LogP contribution in [0.3, 0.4) is 0 Å². The largest absolute Gasteiger partial charge is 0.465 e. The van der Waals surface area contributed by atoms with Crippen LogP contribution in [0.1, 0.15) is 10.4 Å². The minimum Gasteiger partial charge on any atom is -0.465 e. The van der Waals surface area contributed by atoms with E-state index in [0.29, 0.717) is 16.9 Å². The lowest BCUT2D eigenvalue weighted by molar-refractivity contribution is 0.0601. The van der Waals surface area contributed by atoms with E-state index in [9.17, 15) is 4.79 Å². The first-order valence-electron chi connectivity index (χ1n) is 5.46. The molecule has 2 aromatic carbocycles. The van der Waals surface area contributed by atoms with Gasteiger partial charge in [-0.15, -0.1) is 0 Å². The van der Waals surface area contributed by atoms with Crippen LogP contribution in [-0.2, 0) is 4.74 Å². The van der Waals surface area contributed by atoms with Crippen LogP contribution in [0.5, 0.6) is 0 Å². The van der Waals surface area contributed by atoms with Crippen molar-refractivity contribution in [3.05, 3.63) is 48.0 Å². The number of benzene rings is 2. The second kappa shape index (κ2) is 4.79. The van der Waals surface area contributed by atoms with Gasteiger partial charge in [0, 0.05) is 0 Å². The van der Waals surface area contributed by atoms with E-state index in [1.165, 1.54) is 7.11 Å². The van der Waals surface area contributed by atoms with Gasteiger partial charge in [-0.2, -0.15) is 0 Å². The number of anilines is 2. The van der Waals surface area contributed by atoms with E-state index in [-0.39, 0.29) is 5.97 Å². The maximum Gasteiger partial charge on any atom is 0.338 e. The third kappa shape index (κ3) is 2.13. The Labute approximate surface area is 105 Å². The standard InChI is InChI=1S/C14H14N2O2/c1-18-14(17)11-5-3-2-4-10(11)9-6-7-12(15)13(16)8-9/h2-8H,15-16H2,1H3. The molecular weight excluding hydrogens is 228 g/mol. The van der Waals surface area contributed by atoms with E-state index in [0.717, 1.165) is 11.1 Å². The van der Waals surface area contributed by atoms with Gasteiger partial charge >= 0.3 is 5.97 Å². The Morgan fingerprint density at radius 3 is 2.44 bits per heavy atom. The van der Waals surface area contributed by atoms with Crippen LogP contribution < -0.4 is 11.5 Å². The fourth-order valence-electron chi connectivity index (χ4n) is 1.77. The molecule has 4 N–H and O–H groups in total. The summed E-state index contributed by atoms with van der Waals surface area (Å²) in [5, 5.41) is 0. The van der Waals surface area contributed by atoms with Crippen LogP contribution in [0.25, 0.3) is 11.1 Å². The molecule has 0 saturated heterocycles. The number of esters is 1. The molecule has 2 rings (SSSR count). The number of nitrogen functional groups attached to an aromatic ring is 2. The average molecular weight is 242 g/mol. The third-order valence-electron chi connectivity index (χ3n) is 2.73. The Balaban J connectivity index is 2.56. The summed E-state index contributed by atoms with van der Waals surface area (Å²) in [6, 6.07) is 12.5. The number of carbonyl (C=O) groups excluding carboxylic acids is 1. The molecule has 2 aromatic rings. The van der Waals surface area contributed by atoms with Crippen molar-refractivity contribution in [2.45, 2.75) is 0 Å². The Bertz CT molecular complexity index is 594. The molecule has 92 valence electrons. The molecule has 0 fully saturated rings. The van der Waals surface area contributed by atoms with Gasteiger partial charge in [0.05, 0.1) is 24.0 Å². The molecule has 0 unspecified atom stereocenters. The second-order valence-electron chi connectivity index (χ2n) is 3.88. The highest BCUT2D eigenvalue weighted by Crippen LogP contribution is 2.28. The normalized spacial score (nSPS) is 10.1. The zero-order valence-electron chi connectivity index (χ0n) is 10.0. The van der Waals surface area contributed by atoms with Crippen molar-refractivity contribution in [1.82, 2.24) is 0 Å². The number of ether oxygens (including phenoxy) is 1. The van der Waals surface area contributed by atoms with E-state index in [2.05, 4.69) is 0 Å². The monoisotopic (exact) mass is 242 g/mol. The van der Waals surface area contributed by atoms with Crippen LogP contribution in [0.4, 0.5) is 11.4 Å². The number of methoxy groups -OCH3 is 1. The molecule has 0 spiro atoms. The van der Waals surface area contributed by atoms with E-state index in [1.54, 1.807) is 24.3 Å². The van der Waals surface area contributed by atoms with E-state index >= 15 is 0 Å². The molecule has 0 aliphatic rings. The number of hydrogen-bond donors (Lipinski definition) is 2. The zero-order valence-corrected chi connectivity index (χ0v) is 10.0. The van der Waals surface area contributed by atoms with E-state index < -0.39 is 0 Å². The lowest BCUT2D eigenvalue weighted by atomic mass is 9.99. The number of hydrogen-bond acceptors (Lipinski definition) is 4. The maximum atomic E-state index is 11.7. The average Bonchev–Trinajstić information content (AvgIpc) is 2.41. The van der Waals surface area contributed by atoms with Gasteiger partial charge in [-0.05, 0) is 29.3 Å². The first-order valence-corrected chi connectivity index (χ1v) is 5.46. The summed E-state index contributed by atoms with van der Waals surface area (Å²) in [7, 11) is 1.36. The smallest absolute Gasteiger partial charge is 0.338 e. The van der Waals surface area contributed by atoms with Crippen molar-refractivity contribution in [3.63, 3.8) is 0 Å². The lowest BCUT2D eigenvalue weighted by Crippen LogP contribution is -2.03. The van der Waals surface area contributed by atoms with Gasteiger partial charge in [0.2, 0.25) is 0 Å². The summed E-state index contributed by atoms with van der Waals surface area (Å²) in [5.41, 5.74) is 14.6. The number of carbonyl (C=O) groups is 1. The molecule has 0 aliphatic heterocycles. The molecule has 0 amide bonds. The van der Waals surface area contributed by atoms with Crippen molar-refractivity contribution in [2.75, 3.05) is 18.6 Å². The summed E-state index contributed by atoms with van der Waals surface area (Å²) in [5.74, 6) is -0.374. The molecule has 0 heterocycles. The van der Waals surface area contributed by atoms with Crippen molar-refractivity contribution in [3.8, 4) is 11.1 Å². The van der Waals surface area contributed by atoms with Gasteiger partial charge in [-0.1, -0.05) is 24.3 Å². The number of nitrogens with two attached hydrogens (primary N) is 2. The summed E-state index contributed by atoms with van der Waals surface area (Å²) in [4.78, 5) is 11.7. The Morgan fingerprint density at radius 2 is 1.78 bits per heavy atom. The minimum atomic E-state index is -0.374. The molecule has 0 bridgehead atoms. The summed E-state index contributed by atoms with van der Waals surface area (Å²) < 4.78 is 4.76. The molecule has 4 nitrogen and oxygen atoms in total. The van der Waals surface area contributed by atoms with Crippen molar-refractivity contribution >= 4 is 17.3 Å². The molecular formula is C14H14N2O2. The van der Waals surface area contributed by atoms with Crippen molar-refractivity contribution < 1.29 is 9.53 Å². The van der Waals surface area contributed by atoms with Gasteiger partial charge in [0.1, 0.15) is 0 Å². The summed E-state index contributed by atoms with van der Waals surface area (Å²) in [6.07, 6.45) is 0. The van der Waals surface area contributed by atoms with Crippen molar-refractivity contribution in [2.24, 2.45) is 0 Å². The predicted octanol–water partition coefficient (Wildman–Crippen LogP) is 2.30. The molecule has 18 heavy (non-hydrogen) atoms. The third-order valence-corrected chi connectivity index (χ3v) is 2.73. The molecule has 4 heteroatoms. The van der Waals surface area contributed by atoms with E-state index in [4.69, 9.17) is 16.2 Å². The SMILES string of the molecule is COC(=O)c1ccccc1-c1ccc(N)c(N)c1. The molecule has 0 aromatic heterocycles. The number of rotatable bonds is 2. The Hall–Kier alpha value is -2.49. The lowest BCUT2D eigenvalue weighted by Gasteiger charge is -2.09. The van der Waals surface area contributed by atoms with Gasteiger partial charge in [0.25, 0.3) is 0 Å².